The maximum atomic E-state index is 7.10. The molecule has 1 N–H and O–H groups in total. The highest BCUT2D eigenvalue weighted by molar-refractivity contribution is 6.24. The second-order valence-corrected chi connectivity index (χ2v) is 8.12. The van der Waals surface area contributed by atoms with Gasteiger partial charge in [0.1, 0.15) is 18.8 Å². The van der Waals surface area contributed by atoms with Gasteiger partial charge in [-0.1, -0.05) is 12.1 Å². The number of aromatic nitrogens is 5. The molecule has 1 fully saturated rings. The first kappa shape index (κ1) is 20.1. The second-order valence-electron chi connectivity index (χ2n) is 7.39. The fourth-order valence-electron chi connectivity index (χ4n) is 4.10. The molecule has 0 radical (unpaired) electrons. The van der Waals surface area contributed by atoms with E-state index in [1.165, 1.54) is 17.5 Å². The van der Waals surface area contributed by atoms with Gasteiger partial charge in [-0.3, -0.25) is 4.57 Å². The summed E-state index contributed by atoms with van der Waals surface area (Å²) < 4.78 is 8.03. The van der Waals surface area contributed by atoms with E-state index in [1.54, 1.807) is 18.6 Å². The van der Waals surface area contributed by atoms with Crippen LogP contribution in [0.1, 0.15) is 42.6 Å². The first-order valence-electron chi connectivity index (χ1n) is 9.56. The van der Waals surface area contributed by atoms with Crippen LogP contribution in [-0.2, 0) is 18.0 Å². The smallest absolute Gasteiger partial charge is 0.216 e. The Kier molecular flexibility index (Phi) is 5.72. The van der Waals surface area contributed by atoms with Crippen LogP contribution in [0.15, 0.2) is 43.1 Å². The molecule has 0 unspecified atom stereocenters. The molecule has 5 rings (SSSR count). The SMILES string of the molecule is Cl.ClC1(c2ccc3c(c2)CNCc2nncn2-3)CCC(Oc2ccncn2)CC1. The monoisotopic (exact) mass is 432 g/mol. The molecule has 7 nitrogen and oxygen atoms in total. The van der Waals surface area contributed by atoms with E-state index in [4.69, 9.17) is 16.3 Å². The van der Waals surface area contributed by atoms with Gasteiger partial charge >= 0.3 is 0 Å². The molecule has 152 valence electrons. The highest BCUT2D eigenvalue weighted by Gasteiger charge is 2.36. The van der Waals surface area contributed by atoms with Crippen molar-refractivity contribution < 1.29 is 4.74 Å². The molecule has 0 spiro atoms. The van der Waals surface area contributed by atoms with Gasteiger partial charge in [0.25, 0.3) is 0 Å². The minimum absolute atomic E-state index is 0. The van der Waals surface area contributed by atoms with Crippen molar-refractivity contribution in [3.63, 3.8) is 0 Å². The number of rotatable bonds is 3. The highest BCUT2D eigenvalue weighted by atomic mass is 35.5. The largest absolute Gasteiger partial charge is 0.474 e. The van der Waals surface area contributed by atoms with Gasteiger partial charge in [0.05, 0.1) is 17.1 Å². The molecule has 2 aromatic heterocycles. The van der Waals surface area contributed by atoms with E-state index < -0.39 is 0 Å². The minimum Gasteiger partial charge on any atom is -0.474 e. The molecule has 0 saturated heterocycles. The Balaban J connectivity index is 0.00000205. The maximum absolute atomic E-state index is 7.10. The molecule has 1 aliphatic carbocycles. The lowest BCUT2D eigenvalue weighted by molar-refractivity contribution is 0.132. The van der Waals surface area contributed by atoms with Crippen molar-refractivity contribution in [2.75, 3.05) is 0 Å². The normalized spacial score (nSPS) is 23.3. The quantitative estimate of drug-likeness (QED) is 0.637. The van der Waals surface area contributed by atoms with Crippen LogP contribution in [0.25, 0.3) is 5.69 Å². The summed E-state index contributed by atoms with van der Waals surface area (Å²) in [5, 5.41) is 11.6. The van der Waals surface area contributed by atoms with Gasteiger partial charge in [-0.05, 0) is 42.9 Å². The average Bonchev–Trinajstić information content (AvgIpc) is 3.12. The third-order valence-corrected chi connectivity index (χ3v) is 6.24. The van der Waals surface area contributed by atoms with Gasteiger partial charge in [-0.25, -0.2) is 9.97 Å². The Bertz CT molecular complexity index is 972. The van der Waals surface area contributed by atoms with E-state index in [-0.39, 0.29) is 23.4 Å². The number of ether oxygens (including phenoxy) is 1. The summed E-state index contributed by atoms with van der Waals surface area (Å²) in [7, 11) is 0. The zero-order chi connectivity index (χ0) is 19.0. The van der Waals surface area contributed by atoms with Crippen LogP contribution >= 0.6 is 24.0 Å². The van der Waals surface area contributed by atoms with Crippen molar-refractivity contribution in [2.45, 2.75) is 49.8 Å². The van der Waals surface area contributed by atoms with Crippen molar-refractivity contribution in [3.8, 4) is 11.6 Å². The molecule has 2 aliphatic rings. The summed E-state index contributed by atoms with van der Waals surface area (Å²) in [5.74, 6) is 1.55. The van der Waals surface area contributed by atoms with Crippen LogP contribution in [0.5, 0.6) is 5.88 Å². The number of fused-ring (bicyclic) bond motifs is 3. The van der Waals surface area contributed by atoms with E-state index in [0.29, 0.717) is 12.4 Å². The number of alkyl halides is 1. The molecular weight excluding hydrogens is 411 g/mol. The standard InChI is InChI=1S/C20H21ClN6O.ClH/c21-20(6-3-16(4-7-20)28-19-5-8-22-12-24-19)15-1-2-17-14(9-15)10-23-11-18-26-25-13-27(17)18;/h1-2,5,8-9,12-13,16,23H,3-4,6-7,10-11H2;1H. The van der Waals surface area contributed by atoms with E-state index in [0.717, 1.165) is 43.7 Å². The number of hydrogen-bond acceptors (Lipinski definition) is 6. The van der Waals surface area contributed by atoms with Crippen LogP contribution in [0.4, 0.5) is 0 Å². The third kappa shape index (κ3) is 3.95. The third-order valence-electron chi connectivity index (χ3n) is 5.64. The molecule has 1 aromatic carbocycles. The van der Waals surface area contributed by atoms with E-state index in [1.807, 2.05) is 4.57 Å². The molecular formula is C20H22Cl2N6O. The average molecular weight is 433 g/mol. The summed E-state index contributed by atoms with van der Waals surface area (Å²) in [5.41, 5.74) is 3.51. The van der Waals surface area contributed by atoms with Crippen molar-refractivity contribution in [2.24, 2.45) is 0 Å². The molecule has 0 amide bonds. The first-order valence-corrected chi connectivity index (χ1v) is 9.94. The predicted octanol–water partition coefficient (Wildman–Crippen LogP) is 3.54. The summed E-state index contributed by atoms with van der Waals surface area (Å²) in [6.07, 6.45) is 8.66. The number of nitrogens with one attached hydrogen (secondary N) is 1. The number of nitrogens with zero attached hydrogens (tertiary/aromatic N) is 5. The molecule has 0 atom stereocenters. The lowest BCUT2D eigenvalue weighted by atomic mass is 9.81. The zero-order valence-corrected chi connectivity index (χ0v) is 17.4. The van der Waals surface area contributed by atoms with Gasteiger partial charge in [0, 0.05) is 18.8 Å². The molecule has 0 bridgehead atoms. The minimum atomic E-state index is -0.358. The highest BCUT2D eigenvalue weighted by Crippen LogP contribution is 2.44. The molecule has 1 saturated carbocycles. The first-order chi connectivity index (χ1) is 13.7. The summed E-state index contributed by atoms with van der Waals surface area (Å²) in [6, 6.07) is 8.31. The van der Waals surface area contributed by atoms with Gasteiger partial charge < -0.3 is 10.1 Å². The van der Waals surface area contributed by atoms with E-state index in [2.05, 4.69) is 43.7 Å². The van der Waals surface area contributed by atoms with Crippen molar-refractivity contribution >= 4 is 24.0 Å². The topological polar surface area (TPSA) is 77.8 Å². The van der Waals surface area contributed by atoms with Gasteiger partial charge in [-0.2, -0.15) is 0 Å². The summed E-state index contributed by atoms with van der Waals surface area (Å²) >= 11 is 7.10. The molecule has 1 aliphatic heterocycles. The van der Waals surface area contributed by atoms with Crippen molar-refractivity contribution in [3.05, 3.63) is 60.1 Å². The Morgan fingerprint density at radius 1 is 1.17 bits per heavy atom. The van der Waals surface area contributed by atoms with Crippen molar-refractivity contribution in [1.29, 1.82) is 0 Å². The Hall–Kier alpha value is -2.22. The van der Waals surface area contributed by atoms with Gasteiger partial charge in [-0.15, -0.1) is 34.2 Å². The number of halogens is 2. The van der Waals surface area contributed by atoms with Crippen LogP contribution in [0, 0.1) is 0 Å². The van der Waals surface area contributed by atoms with Crippen molar-refractivity contribution in [1.82, 2.24) is 30.0 Å². The van der Waals surface area contributed by atoms with Gasteiger partial charge in [0.15, 0.2) is 5.82 Å². The molecule has 29 heavy (non-hydrogen) atoms. The molecule has 9 heteroatoms. The van der Waals surface area contributed by atoms with E-state index in [9.17, 15) is 0 Å². The summed E-state index contributed by atoms with van der Waals surface area (Å²) in [4.78, 5) is 7.72. The van der Waals surface area contributed by atoms with Gasteiger partial charge in [0.2, 0.25) is 5.88 Å². The number of hydrogen-bond donors (Lipinski definition) is 1. The molecule has 3 aromatic rings. The lowest BCUT2D eigenvalue weighted by Gasteiger charge is -2.36. The second kappa shape index (κ2) is 8.26. The van der Waals surface area contributed by atoms with Crippen LogP contribution in [0.3, 0.4) is 0 Å². The lowest BCUT2D eigenvalue weighted by Crippen LogP contribution is -2.32. The number of benzene rings is 1. The maximum Gasteiger partial charge on any atom is 0.216 e. The Morgan fingerprint density at radius 2 is 2.03 bits per heavy atom. The Morgan fingerprint density at radius 3 is 2.83 bits per heavy atom. The summed E-state index contributed by atoms with van der Waals surface area (Å²) in [6.45, 7) is 1.50. The predicted molar refractivity (Wildman–Crippen MR) is 112 cm³/mol. The zero-order valence-electron chi connectivity index (χ0n) is 15.8. The van der Waals surface area contributed by atoms with E-state index >= 15 is 0 Å². The van der Waals surface area contributed by atoms with Crippen LogP contribution in [0.2, 0.25) is 0 Å². The van der Waals surface area contributed by atoms with Crippen LogP contribution in [-0.4, -0.2) is 30.8 Å². The Labute approximate surface area is 180 Å². The fourth-order valence-corrected chi connectivity index (χ4v) is 4.44. The molecule has 3 heterocycles. The fraction of sp³-hybridized carbons (Fsp3) is 0.400. The van der Waals surface area contributed by atoms with Crippen LogP contribution < -0.4 is 10.1 Å².